The number of aryl methyl sites for hydroxylation is 1. The summed E-state index contributed by atoms with van der Waals surface area (Å²) in [7, 11) is 1.03. The summed E-state index contributed by atoms with van der Waals surface area (Å²) in [6.07, 6.45) is -4.64. The number of carbonyl (C=O) groups excluding carboxylic acids is 1. The molecule has 0 amide bonds. The van der Waals surface area contributed by atoms with Gasteiger partial charge in [-0.25, -0.2) is 9.18 Å². The minimum Gasteiger partial charge on any atom is -0.465 e. The standard InChI is InChI=1S/C10H8F4O2/c1-5-3-6(10(12,13)14)4-7(11)8(5)9(15)16-2/h3-4H,1-2H3. The van der Waals surface area contributed by atoms with Gasteiger partial charge in [0.15, 0.2) is 0 Å². The maximum absolute atomic E-state index is 13.3. The third kappa shape index (κ3) is 2.32. The average Bonchev–Trinajstić information content (AvgIpc) is 2.14. The van der Waals surface area contributed by atoms with Gasteiger partial charge in [-0.3, -0.25) is 0 Å². The number of hydrogen-bond donors (Lipinski definition) is 0. The molecule has 0 aliphatic heterocycles. The third-order valence-electron chi connectivity index (χ3n) is 2.00. The van der Waals surface area contributed by atoms with Crippen molar-refractivity contribution in [1.29, 1.82) is 0 Å². The third-order valence-corrected chi connectivity index (χ3v) is 2.00. The number of benzene rings is 1. The van der Waals surface area contributed by atoms with Gasteiger partial charge in [0.1, 0.15) is 5.82 Å². The van der Waals surface area contributed by atoms with Crippen LogP contribution in [0.3, 0.4) is 0 Å². The molecule has 0 aliphatic carbocycles. The summed E-state index contributed by atoms with van der Waals surface area (Å²) in [6.45, 7) is 1.21. The molecular formula is C10H8F4O2. The van der Waals surface area contributed by atoms with Gasteiger partial charge in [-0.1, -0.05) is 0 Å². The molecule has 2 nitrogen and oxygen atoms in total. The van der Waals surface area contributed by atoms with E-state index >= 15 is 0 Å². The minimum atomic E-state index is -4.64. The van der Waals surface area contributed by atoms with Gasteiger partial charge in [0.05, 0.1) is 18.2 Å². The number of halogens is 4. The van der Waals surface area contributed by atoms with Crippen molar-refractivity contribution in [2.75, 3.05) is 7.11 Å². The van der Waals surface area contributed by atoms with Crippen LogP contribution in [-0.2, 0) is 10.9 Å². The second-order valence-electron chi connectivity index (χ2n) is 3.14. The molecule has 0 radical (unpaired) electrons. The van der Waals surface area contributed by atoms with Gasteiger partial charge in [0.2, 0.25) is 0 Å². The second-order valence-corrected chi connectivity index (χ2v) is 3.14. The summed E-state index contributed by atoms with van der Waals surface area (Å²) in [5, 5.41) is 0. The van der Waals surface area contributed by atoms with E-state index in [1.807, 2.05) is 0 Å². The second kappa shape index (κ2) is 4.11. The first-order valence-electron chi connectivity index (χ1n) is 4.23. The molecule has 0 unspecified atom stereocenters. The highest BCUT2D eigenvalue weighted by atomic mass is 19.4. The number of rotatable bonds is 1. The molecule has 0 aliphatic rings. The predicted octanol–water partition coefficient (Wildman–Crippen LogP) is 2.94. The molecule has 0 spiro atoms. The van der Waals surface area contributed by atoms with E-state index in [0.717, 1.165) is 7.11 Å². The van der Waals surface area contributed by atoms with E-state index in [1.165, 1.54) is 6.92 Å². The Morgan fingerprint density at radius 3 is 2.25 bits per heavy atom. The van der Waals surface area contributed by atoms with Crippen molar-refractivity contribution in [2.45, 2.75) is 13.1 Å². The van der Waals surface area contributed by atoms with E-state index in [0.29, 0.717) is 6.07 Å². The van der Waals surface area contributed by atoms with E-state index < -0.39 is 29.1 Å². The first kappa shape index (κ1) is 12.5. The lowest BCUT2D eigenvalue weighted by Crippen LogP contribution is -2.12. The van der Waals surface area contributed by atoms with Crippen molar-refractivity contribution >= 4 is 5.97 Å². The van der Waals surface area contributed by atoms with Crippen molar-refractivity contribution in [3.8, 4) is 0 Å². The van der Waals surface area contributed by atoms with Gasteiger partial charge in [-0.15, -0.1) is 0 Å². The molecule has 16 heavy (non-hydrogen) atoms. The van der Waals surface area contributed by atoms with Crippen LogP contribution in [0, 0.1) is 12.7 Å². The van der Waals surface area contributed by atoms with Crippen molar-refractivity contribution in [2.24, 2.45) is 0 Å². The maximum Gasteiger partial charge on any atom is 0.416 e. The van der Waals surface area contributed by atoms with Crippen LogP contribution >= 0.6 is 0 Å². The maximum atomic E-state index is 13.3. The molecule has 6 heteroatoms. The Bertz CT molecular complexity index is 400. The van der Waals surface area contributed by atoms with Crippen LogP contribution in [0.15, 0.2) is 12.1 Å². The zero-order valence-electron chi connectivity index (χ0n) is 8.48. The van der Waals surface area contributed by atoms with Crippen molar-refractivity contribution < 1.29 is 27.1 Å². The lowest BCUT2D eigenvalue weighted by molar-refractivity contribution is -0.137. The normalized spacial score (nSPS) is 11.4. The van der Waals surface area contributed by atoms with Gasteiger partial charge < -0.3 is 4.74 Å². The molecule has 1 rings (SSSR count). The summed E-state index contributed by atoms with van der Waals surface area (Å²) >= 11 is 0. The summed E-state index contributed by atoms with van der Waals surface area (Å²) in [6, 6.07) is 0.981. The Morgan fingerprint density at radius 1 is 1.31 bits per heavy atom. The predicted molar refractivity (Wildman–Crippen MR) is 47.5 cm³/mol. The van der Waals surface area contributed by atoms with Crippen LogP contribution in [0.1, 0.15) is 21.5 Å². The Kier molecular flexibility index (Phi) is 3.21. The summed E-state index contributed by atoms with van der Waals surface area (Å²) < 4.78 is 54.4. The fourth-order valence-corrected chi connectivity index (χ4v) is 1.27. The molecule has 1 aromatic carbocycles. The molecule has 88 valence electrons. The number of esters is 1. The van der Waals surface area contributed by atoms with E-state index in [1.54, 1.807) is 0 Å². The number of methoxy groups -OCH3 is 1. The van der Waals surface area contributed by atoms with Crippen LogP contribution in [-0.4, -0.2) is 13.1 Å². The molecule has 0 fully saturated rings. The highest BCUT2D eigenvalue weighted by molar-refractivity contribution is 5.91. The average molecular weight is 236 g/mol. The quantitative estimate of drug-likeness (QED) is 0.553. The van der Waals surface area contributed by atoms with Crippen molar-refractivity contribution in [3.63, 3.8) is 0 Å². The van der Waals surface area contributed by atoms with E-state index in [2.05, 4.69) is 4.74 Å². The Balaban J connectivity index is 3.34. The number of carbonyl (C=O) groups is 1. The molecule has 0 bridgehead atoms. The molecular weight excluding hydrogens is 228 g/mol. The van der Waals surface area contributed by atoms with Gasteiger partial charge in [-0.2, -0.15) is 13.2 Å². The monoisotopic (exact) mass is 236 g/mol. The summed E-state index contributed by atoms with van der Waals surface area (Å²) in [5.74, 6) is -2.23. The number of ether oxygens (including phenoxy) is 1. The zero-order chi connectivity index (χ0) is 12.5. The highest BCUT2D eigenvalue weighted by Gasteiger charge is 2.32. The van der Waals surface area contributed by atoms with Gasteiger partial charge >= 0.3 is 12.1 Å². The smallest absolute Gasteiger partial charge is 0.416 e. The molecule has 0 aromatic heterocycles. The molecule has 0 saturated heterocycles. The van der Waals surface area contributed by atoms with Gasteiger partial charge in [0, 0.05) is 0 Å². The van der Waals surface area contributed by atoms with Crippen molar-refractivity contribution in [3.05, 3.63) is 34.6 Å². The Morgan fingerprint density at radius 2 is 1.88 bits per heavy atom. The minimum absolute atomic E-state index is 0.112. The van der Waals surface area contributed by atoms with Crippen LogP contribution in [0.5, 0.6) is 0 Å². The fraction of sp³-hybridized carbons (Fsp3) is 0.300. The van der Waals surface area contributed by atoms with Gasteiger partial charge in [0.25, 0.3) is 0 Å². The summed E-state index contributed by atoms with van der Waals surface area (Å²) in [5.41, 5.74) is -1.72. The molecule has 0 N–H and O–H groups in total. The van der Waals surface area contributed by atoms with Crippen LogP contribution in [0.4, 0.5) is 17.6 Å². The van der Waals surface area contributed by atoms with E-state index in [-0.39, 0.29) is 11.6 Å². The van der Waals surface area contributed by atoms with Crippen molar-refractivity contribution in [1.82, 2.24) is 0 Å². The topological polar surface area (TPSA) is 26.3 Å². The largest absolute Gasteiger partial charge is 0.465 e. The Hall–Kier alpha value is -1.59. The van der Waals surface area contributed by atoms with Crippen LogP contribution in [0.2, 0.25) is 0 Å². The van der Waals surface area contributed by atoms with Gasteiger partial charge in [-0.05, 0) is 24.6 Å². The molecule has 0 saturated carbocycles. The lowest BCUT2D eigenvalue weighted by atomic mass is 10.0. The zero-order valence-corrected chi connectivity index (χ0v) is 8.48. The molecule has 0 heterocycles. The Labute approximate surface area is 88.8 Å². The SMILES string of the molecule is COC(=O)c1c(C)cc(C(F)(F)F)cc1F. The van der Waals surface area contributed by atoms with Crippen LogP contribution in [0.25, 0.3) is 0 Å². The first-order valence-corrected chi connectivity index (χ1v) is 4.23. The summed E-state index contributed by atoms with van der Waals surface area (Å²) in [4.78, 5) is 11.1. The number of hydrogen-bond acceptors (Lipinski definition) is 2. The van der Waals surface area contributed by atoms with Crippen LogP contribution < -0.4 is 0 Å². The van der Waals surface area contributed by atoms with E-state index in [4.69, 9.17) is 0 Å². The molecule has 1 aromatic rings. The lowest BCUT2D eigenvalue weighted by Gasteiger charge is -2.11. The highest BCUT2D eigenvalue weighted by Crippen LogP contribution is 2.31. The first-order chi connectivity index (χ1) is 7.27. The molecule has 0 atom stereocenters. The van der Waals surface area contributed by atoms with E-state index in [9.17, 15) is 22.4 Å². The number of alkyl halides is 3. The fourth-order valence-electron chi connectivity index (χ4n) is 1.27.